The molecule has 0 bridgehead atoms. The van der Waals surface area contributed by atoms with Crippen molar-refractivity contribution >= 4 is 27.4 Å². The monoisotopic (exact) mass is 280 g/mol. The van der Waals surface area contributed by atoms with Crippen molar-refractivity contribution in [2.75, 3.05) is 5.32 Å². The maximum atomic E-state index is 4.33. The van der Waals surface area contributed by atoms with Crippen molar-refractivity contribution < 1.29 is 0 Å². The van der Waals surface area contributed by atoms with Crippen molar-refractivity contribution in [3.05, 3.63) is 34.2 Å². The van der Waals surface area contributed by atoms with Crippen molar-refractivity contribution in [2.45, 2.75) is 13.8 Å². The molecule has 2 heterocycles. The van der Waals surface area contributed by atoms with Gasteiger partial charge >= 0.3 is 0 Å². The molecule has 0 spiro atoms. The summed E-state index contributed by atoms with van der Waals surface area (Å²) in [7, 11) is 1.90. The van der Waals surface area contributed by atoms with E-state index in [4.69, 9.17) is 0 Å². The number of aromatic nitrogens is 3. The van der Waals surface area contributed by atoms with Gasteiger partial charge in [0, 0.05) is 23.9 Å². The second-order valence-corrected chi connectivity index (χ2v) is 4.66. The lowest BCUT2D eigenvalue weighted by Crippen LogP contribution is -1.96. The van der Waals surface area contributed by atoms with Crippen LogP contribution in [0.5, 0.6) is 0 Å². The molecule has 0 saturated heterocycles. The van der Waals surface area contributed by atoms with Gasteiger partial charge in [-0.25, -0.2) is 4.98 Å². The van der Waals surface area contributed by atoms with Crippen molar-refractivity contribution in [2.24, 2.45) is 7.05 Å². The van der Waals surface area contributed by atoms with Crippen LogP contribution in [0.15, 0.2) is 22.9 Å². The minimum atomic E-state index is 0.860. The van der Waals surface area contributed by atoms with Crippen LogP contribution in [0.3, 0.4) is 0 Å². The van der Waals surface area contributed by atoms with Crippen LogP contribution >= 0.6 is 15.9 Å². The Balaban J connectivity index is 2.30. The molecule has 0 atom stereocenters. The third-order valence-electron chi connectivity index (χ3n) is 2.31. The van der Waals surface area contributed by atoms with Gasteiger partial charge < -0.3 is 5.32 Å². The van der Waals surface area contributed by atoms with Crippen LogP contribution < -0.4 is 5.32 Å². The summed E-state index contributed by atoms with van der Waals surface area (Å²) >= 11 is 3.39. The molecule has 16 heavy (non-hydrogen) atoms. The van der Waals surface area contributed by atoms with E-state index in [9.17, 15) is 0 Å². The predicted molar refractivity (Wildman–Crippen MR) is 67.9 cm³/mol. The zero-order chi connectivity index (χ0) is 11.7. The van der Waals surface area contributed by atoms with Gasteiger partial charge in [0.1, 0.15) is 5.82 Å². The Hall–Kier alpha value is -1.36. The van der Waals surface area contributed by atoms with E-state index in [0.717, 1.165) is 27.2 Å². The SMILES string of the molecule is Cc1cc(Br)cnc1Nc1cn(C)nc1C. The molecule has 0 unspecified atom stereocenters. The molecule has 0 amide bonds. The van der Waals surface area contributed by atoms with Crippen LogP contribution in [0.4, 0.5) is 11.5 Å². The van der Waals surface area contributed by atoms with E-state index >= 15 is 0 Å². The van der Waals surface area contributed by atoms with Crippen LogP contribution in [0.1, 0.15) is 11.3 Å². The Morgan fingerprint density at radius 1 is 1.38 bits per heavy atom. The van der Waals surface area contributed by atoms with Crippen molar-refractivity contribution in [1.82, 2.24) is 14.8 Å². The third-order valence-corrected chi connectivity index (χ3v) is 2.75. The van der Waals surface area contributed by atoms with Crippen LogP contribution in [0.2, 0.25) is 0 Å². The average Bonchev–Trinajstić information content (AvgIpc) is 2.50. The molecular formula is C11H13BrN4. The van der Waals surface area contributed by atoms with Crippen molar-refractivity contribution in [3.63, 3.8) is 0 Å². The number of aryl methyl sites for hydroxylation is 3. The van der Waals surface area contributed by atoms with E-state index in [0.29, 0.717) is 0 Å². The van der Waals surface area contributed by atoms with Crippen LogP contribution in [0.25, 0.3) is 0 Å². The predicted octanol–water partition coefficient (Wildman–Crippen LogP) is 2.94. The summed E-state index contributed by atoms with van der Waals surface area (Å²) in [4.78, 5) is 4.33. The van der Waals surface area contributed by atoms with Gasteiger partial charge in [0.25, 0.3) is 0 Å². The molecule has 5 heteroatoms. The number of pyridine rings is 1. The normalized spacial score (nSPS) is 10.5. The van der Waals surface area contributed by atoms with Gasteiger partial charge in [0.2, 0.25) is 0 Å². The van der Waals surface area contributed by atoms with Gasteiger partial charge in [-0.1, -0.05) is 0 Å². The quantitative estimate of drug-likeness (QED) is 0.920. The van der Waals surface area contributed by atoms with Crippen LogP contribution in [-0.2, 0) is 7.05 Å². The fraction of sp³-hybridized carbons (Fsp3) is 0.273. The first-order chi connectivity index (χ1) is 7.56. The summed E-state index contributed by atoms with van der Waals surface area (Å²) in [5.74, 6) is 0.860. The maximum Gasteiger partial charge on any atom is 0.133 e. The number of rotatable bonds is 2. The van der Waals surface area contributed by atoms with Crippen LogP contribution in [0, 0.1) is 13.8 Å². The average molecular weight is 281 g/mol. The largest absolute Gasteiger partial charge is 0.337 e. The maximum absolute atomic E-state index is 4.33. The fourth-order valence-corrected chi connectivity index (χ4v) is 1.97. The lowest BCUT2D eigenvalue weighted by atomic mass is 10.3. The van der Waals surface area contributed by atoms with Crippen molar-refractivity contribution in [1.29, 1.82) is 0 Å². The number of anilines is 2. The van der Waals surface area contributed by atoms with E-state index < -0.39 is 0 Å². The zero-order valence-corrected chi connectivity index (χ0v) is 11.0. The lowest BCUT2D eigenvalue weighted by Gasteiger charge is -2.07. The molecule has 4 nitrogen and oxygen atoms in total. The number of halogens is 1. The minimum absolute atomic E-state index is 0.860. The highest BCUT2D eigenvalue weighted by molar-refractivity contribution is 9.10. The molecule has 0 aromatic carbocycles. The first-order valence-electron chi connectivity index (χ1n) is 4.95. The molecule has 0 fully saturated rings. The van der Waals surface area contributed by atoms with Crippen molar-refractivity contribution in [3.8, 4) is 0 Å². The standard InChI is InChI=1S/C11H13BrN4/c1-7-4-9(12)5-13-11(7)14-10-6-16(3)15-8(10)2/h4-6H,1-3H3,(H,13,14). The summed E-state index contributed by atoms with van der Waals surface area (Å²) in [6, 6.07) is 2.03. The number of hydrogen-bond donors (Lipinski definition) is 1. The number of nitrogens with zero attached hydrogens (tertiary/aromatic N) is 3. The summed E-state index contributed by atoms with van der Waals surface area (Å²) in [6.07, 6.45) is 3.72. The molecule has 0 aliphatic carbocycles. The van der Waals surface area contributed by atoms with Gasteiger partial charge in [-0.15, -0.1) is 0 Å². The molecular weight excluding hydrogens is 268 g/mol. The van der Waals surface area contributed by atoms with Gasteiger partial charge in [-0.3, -0.25) is 4.68 Å². The van der Waals surface area contributed by atoms with E-state index in [2.05, 4.69) is 31.3 Å². The van der Waals surface area contributed by atoms with Gasteiger partial charge in [0.15, 0.2) is 0 Å². The topological polar surface area (TPSA) is 42.7 Å². The molecule has 0 aliphatic rings. The number of hydrogen-bond acceptors (Lipinski definition) is 3. The molecule has 1 N–H and O–H groups in total. The first-order valence-corrected chi connectivity index (χ1v) is 5.75. The summed E-state index contributed by atoms with van der Waals surface area (Å²) in [6.45, 7) is 3.99. The van der Waals surface area contributed by atoms with Gasteiger partial charge in [-0.05, 0) is 41.4 Å². The summed E-state index contributed by atoms with van der Waals surface area (Å²) in [5.41, 5.74) is 3.05. The van der Waals surface area contributed by atoms with E-state index in [1.165, 1.54) is 0 Å². The third kappa shape index (κ3) is 2.24. The van der Waals surface area contributed by atoms with Gasteiger partial charge in [0.05, 0.1) is 11.4 Å². The highest BCUT2D eigenvalue weighted by Crippen LogP contribution is 2.22. The smallest absolute Gasteiger partial charge is 0.133 e. The minimum Gasteiger partial charge on any atom is -0.337 e. The molecule has 0 radical (unpaired) electrons. The lowest BCUT2D eigenvalue weighted by molar-refractivity contribution is 0.756. The van der Waals surface area contributed by atoms with Crippen LogP contribution in [-0.4, -0.2) is 14.8 Å². The molecule has 0 aliphatic heterocycles. The number of nitrogens with one attached hydrogen (secondary N) is 1. The van der Waals surface area contributed by atoms with Gasteiger partial charge in [-0.2, -0.15) is 5.10 Å². The summed E-state index contributed by atoms with van der Waals surface area (Å²) < 4.78 is 2.77. The molecule has 2 aromatic rings. The highest BCUT2D eigenvalue weighted by atomic mass is 79.9. The van der Waals surface area contributed by atoms with E-state index in [1.54, 1.807) is 10.9 Å². The molecule has 84 valence electrons. The second-order valence-electron chi connectivity index (χ2n) is 3.75. The Labute approximate surface area is 103 Å². The Morgan fingerprint density at radius 3 is 2.69 bits per heavy atom. The Morgan fingerprint density at radius 2 is 2.12 bits per heavy atom. The van der Waals surface area contributed by atoms with E-state index in [-0.39, 0.29) is 0 Å². The zero-order valence-electron chi connectivity index (χ0n) is 9.45. The molecule has 2 rings (SSSR count). The second kappa shape index (κ2) is 4.25. The Bertz CT molecular complexity index is 519. The summed E-state index contributed by atoms with van der Waals surface area (Å²) in [5, 5.41) is 7.54. The Kier molecular flexibility index (Phi) is 2.96. The fourth-order valence-electron chi connectivity index (χ4n) is 1.52. The van der Waals surface area contributed by atoms with E-state index in [1.807, 2.05) is 33.2 Å². The first kappa shape index (κ1) is 11.1. The molecule has 2 aromatic heterocycles. The highest BCUT2D eigenvalue weighted by Gasteiger charge is 2.06. The molecule has 0 saturated carbocycles.